The van der Waals surface area contributed by atoms with Gasteiger partial charge in [0.25, 0.3) is 0 Å². The summed E-state index contributed by atoms with van der Waals surface area (Å²) >= 11 is 0. The van der Waals surface area contributed by atoms with E-state index in [4.69, 9.17) is 9.47 Å². The first-order valence-corrected chi connectivity index (χ1v) is 11.8. The Bertz CT molecular complexity index is 1140. The maximum absolute atomic E-state index is 12.3. The third kappa shape index (κ3) is 10.0. The van der Waals surface area contributed by atoms with E-state index in [1.165, 1.54) is 0 Å². The van der Waals surface area contributed by atoms with E-state index in [9.17, 15) is 24.6 Å². The lowest BCUT2D eigenvalue weighted by Gasteiger charge is -2.17. The Balaban J connectivity index is 1.39. The number of hydrogen-bond donors (Lipinski definition) is 4. The number of carboxylic acids is 1. The van der Waals surface area contributed by atoms with Crippen LogP contribution in [0.15, 0.2) is 84.9 Å². The number of rotatable bonds is 13. The molecule has 0 aromatic heterocycles. The number of carbonyl (C=O) groups is 3. The Kier molecular flexibility index (Phi) is 10.5. The van der Waals surface area contributed by atoms with Crippen molar-refractivity contribution in [3.63, 3.8) is 0 Å². The van der Waals surface area contributed by atoms with Crippen molar-refractivity contribution in [1.82, 2.24) is 10.6 Å². The maximum atomic E-state index is 12.3. The van der Waals surface area contributed by atoms with Crippen molar-refractivity contribution in [3.05, 3.63) is 102 Å². The van der Waals surface area contributed by atoms with Crippen LogP contribution in [0.4, 0.5) is 4.79 Å². The van der Waals surface area contributed by atoms with Crippen molar-refractivity contribution >= 4 is 18.0 Å². The second kappa shape index (κ2) is 14.3. The minimum absolute atomic E-state index is 0.0557. The van der Waals surface area contributed by atoms with Gasteiger partial charge >= 0.3 is 12.1 Å². The molecule has 0 saturated carbocycles. The summed E-state index contributed by atoms with van der Waals surface area (Å²) in [5, 5.41) is 24.4. The number of aliphatic hydroxyl groups excluding tert-OH is 1. The number of amides is 2. The predicted molar refractivity (Wildman–Crippen MR) is 136 cm³/mol. The van der Waals surface area contributed by atoms with Crippen LogP contribution in [0.2, 0.25) is 0 Å². The predicted octanol–water partition coefficient (Wildman–Crippen LogP) is 3.05. The van der Waals surface area contributed by atoms with Gasteiger partial charge in [-0.25, -0.2) is 9.59 Å². The molecule has 2 atom stereocenters. The van der Waals surface area contributed by atoms with E-state index < -0.39 is 30.1 Å². The van der Waals surface area contributed by atoms with Gasteiger partial charge in [0.2, 0.25) is 5.91 Å². The van der Waals surface area contributed by atoms with Gasteiger partial charge in [-0.05, 0) is 28.8 Å². The summed E-state index contributed by atoms with van der Waals surface area (Å²) in [7, 11) is 0. The van der Waals surface area contributed by atoms with Crippen LogP contribution in [0.3, 0.4) is 0 Å². The number of aliphatic carboxylic acids is 1. The van der Waals surface area contributed by atoms with E-state index >= 15 is 0 Å². The summed E-state index contributed by atoms with van der Waals surface area (Å²) in [5.41, 5.74) is 2.54. The van der Waals surface area contributed by atoms with E-state index in [0.29, 0.717) is 17.9 Å². The van der Waals surface area contributed by atoms with Crippen molar-refractivity contribution in [1.29, 1.82) is 0 Å². The van der Waals surface area contributed by atoms with Crippen LogP contribution in [-0.4, -0.2) is 46.9 Å². The van der Waals surface area contributed by atoms with Crippen molar-refractivity contribution in [3.8, 4) is 5.75 Å². The summed E-state index contributed by atoms with van der Waals surface area (Å²) in [4.78, 5) is 35.8. The molecule has 0 spiro atoms. The molecule has 0 aliphatic carbocycles. The highest BCUT2D eigenvalue weighted by Crippen LogP contribution is 2.15. The molecule has 194 valence electrons. The number of aliphatic hydroxyl groups is 1. The number of carbonyl (C=O) groups excluding carboxylic acids is 2. The van der Waals surface area contributed by atoms with Crippen molar-refractivity contribution in [2.75, 3.05) is 6.54 Å². The second-order valence-electron chi connectivity index (χ2n) is 8.38. The molecule has 37 heavy (non-hydrogen) atoms. The molecule has 0 fully saturated rings. The lowest BCUT2D eigenvalue weighted by Crippen LogP contribution is -2.44. The minimum atomic E-state index is -1.21. The van der Waals surface area contributed by atoms with Crippen LogP contribution in [0.25, 0.3) is 0 Å². The van der Waals surface area contributed by atoms with Gasteiger partial charge in [-0.3, -0.25) is 4.79 Å². The molecule has 9 nitrogen and oxygen atoms in total. The van der Waals surface area contributed by atoms with Gasteiger partial charge in [0.05, 0.1) is 12.5 Å². The summed E-state index contributed by atoms with van der Waals surface area (Å²) in [6.07, 6.45) is -2.27. The number of nitrogens with one attached hydrogen (secondary N) is 2. The highest BCUT2D eigenvalue weighted by atomic mass is 16.5. The number of benzene rings is 3. The van der Waals surface area contributed by atoms with Crippen LogP contribution in [-0.2, 0) is 34.0 Å². The Morgan fingerprint density at radius 2 is 1.38 bits per heavy atom. The molecule has 3 rings (SSSR count). The maximum Gasteiger partial charge on any atom is 0.407 e. The van der Waals surface area contributed by atoms with Crippen molar-refractivity contribution in [2.24, 2.45) is 0 Å². The first-order valence-electron chi connectivity index (χ1n) is 11.8. The van der Waals surface area contributed by atoms with Crippen molar-refractivity contribution < 1.29 is 34.1 Å². The Hall–Kier alpha value is -4.37. The Morgan fingerprint density at radius 1 is 0.784 bits per heavy atom. The first-order chi connectivity index (χ1) is 17.9. The topological polar surface area (TPSA) is 134 Å². The Labute approximate surface area is 215 Å². The van der Waals surface area contributed by atoms with Gasteiger partial charge in [-0.2, -0.15) is 0 Å². The number of carboxylic acid groups (broad SMARTS) is 1. The van der Waals surface area contributed by atoms with E-state index in [-0.39, 0.29) is 26.0 Å². The number of hydrogen-bond acceptors (Lipinski definition) is 6. The lowest BCUT2D eigenvalue weighted by atomic mass is 10.1. The SMILES string of the molecule is O=C(C[C@H](O)CNC(=O)OCc1ccccc1)N[C@@H](Cc1ccc(OCc2ccccc2)cc1)C(=O)O. The third-order valence-electron chi connectivity index (χ3n) is 5.36. The van der Waals surface area contributed by atoms with E-state index in [0.717, 1.165) is 11.1 Å². The molecule has 2 amide bonds. The standard InChI is InChI=1S/C28H30N2O7/c31-23(17-29-28(35)37-19-22-9-5-2-6-10-22)16-26(32)30-25(27(33)34)15-20-11-13-24(14-12-20)36-18-21-7-3-1-4-8-21/h1-14,23,25,31H,15-19H2,(H,29,35)(H,30,32)(H,33,34)/t23-,25-/m0/s1. The summed E-state index contributed by atoms with van der Waals surface area (Å²) in [5.74, 6) is -1.21. The second-order valence-corrected chi connectivity index (χ2v) is 8.38. The smallest absolute Gasteiger partial charge is 0.407 e. The Morgan fingerprint density at radius 3 is 1.97 bits per heavy atom. The average molecular weight is 507 g/mol. The molecule has 3 aromatic rings. The zero-order chi connectivity index (χ0) is 26.5. The highest BCUT2D eigenvalue weighted by molar-refractivity contribution is 5.84. The first kappa shape index (κ1) is 27.2. The molecule has 0 aliphatic rings. The van der Waals surface area contributed by atoms with Crippen LogP contribution in [0, 0.1) is 0 Å². The number of ether oxygens (including phenoxy) is 2. The quantitative estimate of drug-likeness (QED) is 0.280. The molecule has 0 aliphatic heterocycles. The van der Waals surface area contributed by atoms with Gasteiger partial charge in [0, 0.05) is 13.0 Å². The molecule has 9 heteroatoms. The van der Waals surface area contributed by atoms with Gasteiger partial charge in [-0.1, -0.05) is 72.8 Å². The fourth-order valence-corrected chi connectivity index (χ4v) is 3.41. The molecule has 0 heterocycles. The molecule has 3 aromatic carbocycles. The van der Waals surface area contributed by atoms with E-state index in [1.807, 2.05) is 48.5 Å². The minimum Gasteiger partial charge on any atom is -0.489 e. The molecule has 0 saturated heterocycles. The van der Waals surface area contributed by atoms with Crippen LogP contribution >= 0.6 is 0 Å². The molecule has 0 radical (unpaired) electrons. The van der Waals surface area contributed by atoms with Crippen LogP contribution in [0.1, 0.15) is 23.1 Å². The third-order valence-corrected chi connectivity index (χ3v) is 5.36. The molecule has 0 bridgehead atoms. The number of alkyl carbamates (subject to hydrolysis) is 1. The van der Waals surface area contributed by atoms with Gasteiger partial charge in [0.15, 0.2) is 0 Å². The zero-order valence-corrected chi connectivity index (χ0v) is 20.2. The zero-order valence-electron chi connectivity index (χ0n) is 20.2. The molecular formula is C28H30N2O7. The van der Waals surface area contributed by atoms with Crippen LogP contribution in [0.5, 0.6) is 5.75 Å². The van der Waals surface area contributed by atoms with Gasteiger partial charge < -0.3 is 30.3 Å². The highest BCUT2D eigenvalue weighted by Gasteiger charge is 2.22. The normalized spacial score (nSPS) is 12.1. The summed E-state index contributed by atoms with van der Waals surface area (Å²) < 4.78 is 10.8. The largest absolute Gasteiger partial charge is 0.489 e. The van der Waals surface area contributed by atoms with Gasteiger partial charge in [0.1, 0.15) is 25.0 Å². The summed E-state index contributed by atoms with van der Waals surface area (Å²) in [6.45, 7) is 0.267. The van der Waals surface area contributed by atoms with Crippen LogP contribution < -0.4 is 15.4 Å². The fourth-order valence-electron chi connectivity index (χ4n) is 3.41. The van der Waals surface area contributed by atoms with Gasteiger partial charge in [-0.15, -0.1) is 0 Å². The monoisotopic (exact) mass is 506 g/mol. The lowest BCUT2D eigenvalue weighted by molar-refractivity contribution is -0.142. The fraction of sp³-hybridized carbons (Fsp3) is 0.250. The molecule has 4 N–H and O–H groups in total. The molecule has 0 unspecified atom stereocenters. The molecular weight excluding hydrogens is 476 g/mol. The van der Waals surface area contributed by atoms with Crippen molar-refractivity contribution in [2.45, 2.75) is 38.2 Å². The average Bonchev–Trinajstić information content (AvgIpc) is 2.91. The van der Waals surface area contributed by atoms with E-state index in [2.05, 4.69) is 10.6 Å². The van der Waals surface area contributed by atoms with E-state index in [1.54, 1.807) is 36.4 Å². The summed E-state index contributed by atoms with van der Waals surface area (Å²) in [6, 6.07) is 24.6.